The van der Waals surface area contributed by atoms with E-state index in [1.54, 1.807) is 11.8 Å². The smallest absolute Gasteiger partial charge is 0.257 e. The zero-order chi connectivity index (χ0) is 21.3. The number of nitrogens with one attached hydrogen (secondary N) is 2. The molecule has 1 amide bonds. The zero-order valence-corrected chi connectivity index (χ0v) is 17.3. The summed E-state index contributed by atoms with van der Waals surface area (Å²) in [7, 11) is -3.43. The van der Waals surface area contributed by atoms with Gasteiger partial charge in [0.05, 0.1) is 17.9 Å². The third-order valence-electron chi connectivity index (χ3n) is 4.82. The number of amides is 1. The number of nitrogens with zero attached hydrogens (tertiary/aromatic N) is 5. The first-order valence-corrected chi connectivity index (χ1v) is 11.2. The van der Waals surface area contributed by atoms with Crippen LogP contribution in [0.1, 0.15) is 34.5 Å². The number of aryl methyl sites for hydroxylation is 1. The van der Waals surface area contributed by atoms with Gasteiger partial charge in [0.15, 0.2) is 5.82 Å². The molecule has 30 heavy (non-hydrogen) atoms. The molecule has 0 bridgehead atoms. The van der Waals surface area contributed by atoms with Crippen LogP contribution in [0.5, 0.6) is 0 Å². The minimum Gasteiger partial charge on any atom is -0.327 e. The van der Waals surface area contributed by atoms with E-state index in [-0.39, 0.29) is 12.5 Å². The lowest BCUT2D eigenvalue weighted by Gasteiger charge is -2.22. The first-order valence-electron chi connectivity index (χ1n) is 9.35. The number of H-pyrrole nitrogens is 1. The normalized spacial score (nSPS) is 19.2. The molecule has 1 saturated heterocycles. The number of hydrogen-bond donors (Lipinski definition) is 2. The van der Waals surface area contributed by atoms with Crippen LogP contribution in [0.3, 0.4) is 0 Å². The van der Waals surface area contributed by atoms with E-state index < -0.39 is 22.1 Å². The van der Waals surface area contributed by atoms with Crippen molar-refractivity contribution in [1.29, 1.82) is 0 Å². The standard InChI is InChI=1S/C19H21N7O3S/c1-12-20-9-14(10-21-12)19(27)26-11-15(25-30(2,28)29)8-16(26)18-22-17(23-24-18)13-6-4-3-5-7-13/h3-7,9-10,15-16,25H,8,11H2,1-2H3,(H,22,23,24). The van der Waals surface area contributed by atoms with E-state index in [0.717, 1.165) is 11.8 Å². The van der Waals surface area contributed by atoms with Crippen LogP contribution in [-0.4, -0.2) is 63.2 Å². The molecule has 3 aromatic rings. The van der Waals surface area contributed by atoms with Crippen LogP contribution in [0.4, 0.5) is 0 Å². The van der Waals surface area contributed by atoms with E-state index in [1.165, 1.54) is 12.4 Å². The van der Waals surface area contributed by atoms with Crippen LogP contribution >= 0.6 is 0 Å². The zero-order valence-electron chi connectivity index (χ0n) is 16.5. The highest BCUT2D eigenvalue weighted by Gasteiger charge is 2.39. The molecule has 11 heteroatoms. The van der Waals surface area contributed by atoms with E-state index in [1.807, 2.05) is 30.3 Å². The summed E-state index contributed by atoms with van der Waals surface area (Å²) in [6.45, 7) is 1.93. The van der Waals surface area contributed by atoms with Crippen LogP contribution in [0.25, 0.3) is 11.4 Å². The average Bonchev–Trinajstić information content (AvgIpc) is 3.34. The maximum absolute atomic E-state index is 13.1. The minimum atomic E-state index is -3.43. The maximum Gasteiger partial charge on any atom is 0.257 e. The Morgan fingerprint density at radius 2 is 1.90 bits per heavy atom. The van der Waals surface area contributed by atoms with Crippen LogP contribution < -0.4 is 4.72 Å². The van der Waals surface area contributed by atoms with Crippen molar-refractivity contribution in [2.24, 2.45) is 0 Å². The predicted octanol–water partition coefficient (Wildman–Crippen LogP) is 1.08. The van der Waals surface area contributed by atoms with Gasteiger partial charge >= 0.3 is 0 Å². The number of carbonyl (C=O) groups is 1. The lowest BCUT2D eigenvalue weighted by atomic mass is 10.1. The highest BCUT2D eigenvalue weighted by molar-refractivity contribution is 7.88. The SMILES string of the molecule is Cc1ncc(C(=O)N2CC(NS(C)(=O)=O)CC2c2nc(-c3ccccc3)n[nH]2)cn1. The number of carbonyl (C=O) groups excluding carboxylic acids is 1. The first-order chi connectivity index (χ1) is 14.3. The lowest BCUT2D eigenvalue weighted by Crippen LogP contribution is -2.38. The molecule has 2 atom stereocenters. The second kappa shape index (κ2) is 7.92. The van der Waals surface area contributed by atoms with Gasteiger partial charge in [-0.05, 0) is 13.3 Å². The quantitative estimate of drug-likeness (QED) is 0.622. The van der Waals surface area contributed by atoms with Crippen molar-refractivity contribution in [2.75, 3.05) is 12.8 Å². The predicted molar refractivity (Wildman–Crippen MR) is 109 cm³/mol. The number of sulfonamides is 1. The summed E-state index contributed by atoms with van der Waals surface area (Å²) in [6, 6.07) is 8.55. The molecule has 1 aromatic carbocycles. The van der Waals surface area contributed by atoms with E-state index in [0.29, 0.717) is 29.5 Å². The Kier molecular flexibility index (Phi) is 5.31. The van der Waals surface area contributed by atoms with Gasteiger partial charge in [-0.25, -0.2) is 28.1 Å². The molecule has 2 unspecified atom stereocenters. The monoisotopic (exact) mass is 427 g/mol. The third-order valence-corrected chi connectivity index (χ3v) is 5.58. The molecule has 0 aliphatic carbocycles. The van der Waals surface area contributed by atoms with Crippen LogP contribution in [0, 0.1) is 6.92 Å². The molecule has 2 aromatic heterocycles. The summed E-state index contributed by atoms with van der Waals surface area (Å²) in [4.78, 5) is 27.4. The largest absolute Gasteiger partial charge is 0.327 e. The minimum absolute atomic E-state index is 0.200. The third kappa shape index (κ3) is 4.36. The van der Waals surface area contributed by atoms with Gasteiger partial charge in [-0.2, -0.15) is 5.10 Å². The molecule has 1 fully saturated rings. The van der Waals surface area contributed by atoms with Crippen LogP contribution in [0.15, 0.2) is 42.7 Å². The molecule has 156 valence electrons. The van der Waals surface area contributed by atoms with Crippen molar-refractivity contribution in [3.8, 4) is 11.4 Å². The summed E-state index contributed by atoms with van der Waals surface area (Å²) < 4.78 is 26.1. The summed E-state index contributed by atoms with van der Waals surface area (Å²) >= 11 is 0. The lowest BCUT2D eigenvalue weighted by molar-refractivity contribution is 0.0727. The molecule has 1 aliphatic heterocycles. The molecule has 0 radical (unpaired) electrons. The summed E-state index contributed by atoms with van der Waals surface area (Å²) in [5, 5.41) is 7.18. The van der Waals surface area contributed by atoms with Gasteiger partial charge < -0.3 is 4.90 Å². The number of hydrogen-bond acceptors (Lipinski definition) is 7. The Morgan fingerprint density at radius 3 is 2.57 bits per heavy atom. The average molecular weight is 427 g/mol. The van der Waals surface area contributed by atoms with Crippen molar-refractivity contribution < 1.29 is 13.2 Å². The molecule has 1 aliphatic rings. The number of benzene rings is 1. The number of rotatable bonds is 5. The fourth-order valence-corrected chi connectivity index (χ4v) is 4.29. The van der Waals surface area contributed by atoms with Gasteiger partial charge in [-0.15, -0.1) is 0 Å². The fraction of sp³-hybridized carbons (Fsp3) is 0.316. The Balaban J connectivity index is 1.65. The second-order valence-electron chi connectivity index (χ2n) is 7.23. The van der Waals surface area contributed by atoms with E-state index in [4.69, 9.17) is 0 Å². The van der Waals surface area contributed by atoms with Crippen LogP contribution in [-0.2, 0) is 10.0 Å². The van der Waals surface area contributed by atoms with Gasteiger partial charge in [0.2, 0.25) is 10.0 Å². The molecular weight excluding hydrogens is 406 g/mol. The number of aromatic amines is 1. The van der Waals surface area contributed by atoms with Gasteiger partial charge in [0, 0.05) is 30.5 Å². The Hall–Kier alpha value is -3.18. The highest BCUT2D eigenvalue weighted by atomic mass is 32.2. The van der Waals surface area contributed by atoms with E-state index in [9.17, 15) is 13.2 Å². The topological polar surface area (TPSA) is 134 Å². The maximum atomic E-state index is 13.1. The Labute approximate surface area is 173 Å². The molecule has 3 heterocycles. The molecule has 10 nitrogen and oxygen atoms in total. The van der Waals surface area contributed by atoms with Gasteiger partial charge in [-0.1, -0.05) is 30.3 Å². The summed E-state index contributed by atoms with van der Waals surface area (Å²) in [5.74, 6) is 1.27. The van der Waals surface area contributed by atoms with E-state index in [2.05, 4.69) is 29.9 Å². The first kappa shape index (κ1) is 20.1. The van der Waals surface area contributed by atoms with Gasteiger partial charge in [0.1, 0.15) is 11.6 Å². The van der Waals surface area contributed by atoms with Crippen molar-refractivity contribution in [3.63, 3.8) is 0 Å². The Morgan fingerprint density at radius 1 is 1.20 bits per heavy atom. The molecule has 0 spiro atoms. The van der Waals surface area contributed by atoms with E-state index >= 15 is 0 Å². The Bertz CT molecular complexity index is 1150. The summed E-state index contributed by atoms with van der Waals surface area (Å²) in [6.07, 6.45) is 4.40. The van der Waals surface area contributed by atoms with Gasteiger partial charge in [0.25, 0.3) is 5.91 Å². The van der Waals surface area contributed by atoms with Gasteiger partial charge in [-0.3, -0.25) is 9.89 Å². The van der Waals surface area contributed by atoms with Crippen LogP contribution in [0.2, 0.25) is 0 Å². The highest BCUT2D eigenvalue weighted by Crippen LogP contribution is 2.32. The van der Waals surface area contributed by atoms with Crippen molar-refractivity contribution in [2.45, 2.75) is 25.4 Å². The molecular formula is C19H21N7O3S. The second-order valence-corrected chi connectivity index (χ2v) is 9.01. The summed E-state index contributed by atoms with van der Waals surface area (Å²) in [5.41, 5.74) is 1.17. The number of aromatic nitrogens is 5. The molecule has 2 N–H and O–H groups in total. The van der Waals surface area contributed by atoms with Crippen molar-refractivity contribution >= 4 is 15.9 Å². The van der Waals surface area contributed by atoms with Crippen molar-refractivity contribution in [3.05, 3.63) is 59.9 Å². The molecule has 4 rings (SSSR count). The molecule has 0 saturated carbocycles. The van der Waals surface area contributed by atoms with Crippen molar-refractivity contribution in [1.82, 2.24) is 34.8 Å². The number of likely N-dealkylation sites (tertiary alicyclic amines) is 1. The fourth-order valence-electron chi connectivity index (χ4n) is 3.52.